The molecule has 92 valence electrons. The second-order valence-electron chi connectivity index (χ2n) is 4.14. The van der Waals surface area contributed by atoms with Gasteiger partial charge in [-0.3, -0.25) is 9.59 Å². The van der Waals surface area contributed by atoms with Gasteiger partial charge in [-0.15, -0.1) is 0 Å². The molecule has 1 fully saturated rings. The van der Waals surface area contributed by atoms with Crippen LogP contribution in [0.1, 0.15) is 30.7 Å². The Morgan fingerprint density at radius 2 is 1.82 bits per heavy atom. The van der Waals surface area contributed by atoms with Crippen molar-refractivity contribution in [2.75, 3.05) is 7.11 Å². The average Bonchev–Trinajstić information content (AvgIpc) is 2.28. The Morgan fingerprint density at radius 3 is 2.41 bits per heavy atom. The van der Waals surface area contributed by atoms with Crippen LogP contribution < -0.4 is 4.74 Å². The van der Waals surface area contributed by atoms with Crippen molar-refractivity contribution >= 4 is 11.6 Å². The lowest BCUT2D eigenvalue weighted by Crippen LogP contribution is -2.21. The highest BCUT2D eigenvalue weighted by Gasteiger charge is 2.26. The number of ketones is 2. The number of carbonyl (C=O) groups excluding carboxylic acids is 2. The van der Waals surface area contributed by atoms with Crippen LogP contribution >= 0.6 is 0 Å². The molecular formula is C13H16O4. The molecule has 1 aromatic carbocycles. The minimum Gasteiger partial charge on any atom is -0.497 e. The van der Waals surface area contributed by atoms with E-state index in [0.29, 0.717) is 12.8 Å². The SMILES string of the molecule is COc1cccc(C2CC(=O)CC(=O)C2)c1.O. The zero-order valence-corrected chi connectivity index (χ0v) is 9.73. The number of ether oxygens (including phenoxy) is 1. The third-order valence-corrected chi connectivity index (χ3v) is 2.91. The molecule has 4 nitrogen and oxygen atoms in total. The molecule has 1 saturated carbocycles. The van der Waals surface area contributed by atoms with Gasteiger partial charge in [-0.25, -0.2) is 0 Å². The predicted molar refractivity (Wildman–Crippen MR) is 63.2 cm³/mol. The van der Waals surface area contributed by atoms with Crippen LogP contribution in [-0.4, -0.2) is 24.2 Å². The first kappa shape index (κ1) is 13.4. The minimum absolute atomic E-state index is 0. The number of methoxy groups -OCH3 is 1. The molecule has 0 unspecified atom stereocenters. The molecule has 0 radical (unpaired) electrons. The van der Waals surface area contributed by atoms with Crippen molar-refractivity contribution in [3.8, 4) is 5.75 Å². The Bertz CT molecular complexity index is 409. The van der Waals surface area contributed by atoms with Crippen molar-refractivity contribution in [2.45, 2.75) is 25.2 Å². The molecule has 0 saturated heterocycles. The van der Waals surface area contributed by atoms with Crippen LogP contribution in [0.5, 0.6) is 5.75 Å². The van der Waals surface area contributed by atoms with E-state index in [2.05, 4.69) is 0 Å². The molecule has 4 heteroatoms. The van der Waals surface area contributed by atoms with E-state index in [-0.39, 0.29) is 29.4 Å². The number of hydrogen-bond donors (Lipinski definition) is 0. The summed E-state index contributed by atoms with van der Waals surface area (Å²) in [5, 5.41) is 0. The molecule has 17 heavy (non-hydrogen) atoms. The van der Waals surface area contributed by atoms with Gasteiger partial charge in [-0.2, -0.15) is 0 Å². The molecule has 0 heterocycles. The standard InChI is InChI=1S/C13H14O3.H2O/c1-16-13-4-2-3-9(7-13)10-5-11(14)8-12(15)6-10;/h2-4,7,10H,5-6,8H2,1H3;1H2. The van der Waals surface area contributed by atoms with E-state index in [1.807, 2.05) is 24.3 Å². The number of hydrogen-bond acceptors (Lipinski definition) is 3. The van der Waals surface area contributed by atoms with Crippen LogP contribution in [0.2, 0.25) is 0 Å². The minimum atomic E-state index is 0. The van der Waals surface area contributed by atoms with Crippen LogP contribution in [0, 0.1) is 0 Å². The van der Waals surface area contributed by atoms with E-state index in [1.54, 1.807) is 7.11 Å². The Labute approximate surface area is 99.9 Å². The van der Waals surface area contributed by atoms with E-state index in [1.165, 1.54) is 0 Å². The van der Waals surface area contributed by atoms with Gasteiger partial charge in [0.25, 0.3) is 0 Å². The molecule has 2 N–H and O–H groups in total. The predicted octanol–water partition coefficient (Wildman–Crippen LogP) is 1.28. The van der Waals surface area contributed by atoms with Crippen LogP contribution in [0.4, 0.5) is 0 Å². The van der Waals surface area contributed by atoms with Gasteiger partial charge in [-0.1, -0.05) is 12.1 Å². The summed E-state index contributed by atoms with van der Waals surface area (Å²) in [6.45, 7) is 0. The topological polar surface area (TPSA) is 74.9 Å². The van der Waals surface area contributed by atoms with Crippen LogP contribution in [0.3, 0.4) is 0 Å². The molecule has 0 amide bonds. The second kappa shape index (κ2) is 5.59. The highest BCUT2D eigenvalue weighted by molar-refractivity contribution is 6.02. The molecule has 0 aromatic heterocycles. The Kier molecular flexibility index (Phi) is 4.40. The Balaban J connectivity index is 0.00000144. The number of rotatable bonds is 2. The molecule has 0 bridgehead atoms. The van der Waals surface area contributed by atoms with Gasteiger partial charge in [0.15, 0.2) is 0 Å². The smallest absolute Gasteiger partial charge is 0.140 e. The average molecular weight is 236 g/mol. The summed E-state index contributed by atoms with van der Waals surface area (Å²) in [7, 11) is 1.61. The van der Waals surface area contributed by atoms with Crippen molar-refractivity contribution in [3.63, 3.8) is 0 Å². The van der Waals surface area contributed by atoms with E-state index in [4.69, 9.17) is 4.74 Å². The van der Waals surface area contributed by atoms with E-state index < -0.39 is 0 Å². The molecule has 0 spiro atoms. The highest BCUT2D eigenvalue weighted by atomic mass is 16.5. The maximum absolute atomic E-state index is 11.4. The van der Waals surface area contributed by atoms with Crippen molar-refractivity contribution < 1.29 is 19.8 Å². The molecular weight excluding hydrogens is 220 g/mol. The normalized spacial score (nSPS) is 16.5. The number of Topliss-reactive ketones (excluding diaryl/α,β-unsaturated/α-hetero) is 2. The van der Waals surface area contributed by atoms with E-state index in [0.717, 1.165) is 11.3 Å². The third-order valence-electron chi connectivity index (χ3n) is 2.91. The first-order valence-corrected chi connectivity index (χ1v) is 5.36. The maximum atomic E-state index is 11.4. The first-order chi connectivity index (χ1) is 7.69. The quantitative estimate of drug-likeness (QED) is 0.726. The molecule has 2 rings (SSSR count). The van der Waals surface area contributed by atoms with Gasteiger partial charge in [0, 0.05) is 12.8 Å². The first-order valence-electron chi connectivity index (χ1n) is 5.36. The fraction of sp³-hybridized carbons (Fsp3) is 0.385. The largest absolute Gasteiger partial charge is 0.497 e. The Morgan fingerprint density at radius 1 is 1.18 bits per heavy atom. The molecule has 1 aliphatic carbocycles. The van der Waals surface area contributed by atoms with Crippen LogP contribution in [0.15, 0.2) is 24.3 Å². The summed E-state index contributed by atoms with van der Waals surface area (Å²) in [4.78, 5) is 22.7. The van der Waals surface area contributed by atoms with Gasteiger partial charge >= 0.3 is 0 Å². The summed E-state index contributed by atoms with van der Waals surface area (Å²) in [6, 6.07) is 7.59. The summed E-state index contributed by atoms with van der Waals surface area (Å²) in [5.41, 5.74) is 1.01. The van der Waals surface area contributed by atoms with Gasteiger partial charge in [0.05, 0.1) is 13.5 Å². The summed E-state index contributed by atoms with van der Waals surface area (Å²) in [5.74, 6) is 0.889. The van der Waals surface area contributed by atoms with Gasteiger partial charge in [0.1, 0.15) is 17.3 Å². The molecule has 1 aromatic rings. The molecule has 0 aliphatic heterocycles. The molecule has 0 atom stereocenters. The third kappa shape index (κ3) is 3.14. The zero-order chi connectivity index (χ0) is 11.5. The summed E-state index contributed by atoms with van der Waals surface area (Å²) in [6.07, 6.45) is 1.05. The fourth-order valence-corrected chi connectivity index (χ4v) is 2.12. The Hall–Kier alpha value is -1.68. The van der Waals surface area contributed by atoms with Gasteiger partial charge < -0.3 is 10.2 Å². The zero-order valence-electron chi connectivity index (χ0n) is 9.73. The van der Waals surface area contributed by atoms with Crippen LogP contribution in [-0.2, 0) is 9.59 Å². The lowest BCUT2D eigenvalue weighted by molar-refractivity contribution is -0.130. The van der Waals surface area contributed by atoms with Crippen LogP contribution in [0.25, 0.3) is 0 Å². The lowest BCUT2D eigenvalue weighted by atomic mass is 9.82. The molecule has 1 aliphatic rings. The van der Waals surface area contributed by atoms with Crippen molar-refractivity contribution in [2.24, 2.45) is 0 Å². The number of benzene rings is 1. The number of carbonyl (C=O) groups is 2. The fourth-order valence-electron chi connectivity index (χ4n) is 2.12. The second-order valence-corrected chi connectivity index (χ2v) is 4.14. The highest BCUT2D eigenvalue weighted by Crippen LogP contribution is 2.30. The van der Waals surface area contributed by atoms with E-state index >= 15 is 0 Å². The van der Waals surface area contributed by atoms with Crippen molar-refractivity contribution in [3.05, 3.63) is 29.8 Å². The van der Waals surface area contributed by atoms with E-state index in [9.17, 15) is 9.59 Å². The van der Waals surface area contributed by atoms with Gasteiger partial charge in [0.2, 0.25) is 0 Å². The lowest BCUT2D eigenvalue weighted by Gasteiger charge is -2.20. The van der Waals surface area contributed by atoms with Gasteiger partial charge in [-0.05, 0) is 23.6 Å². The van der Waals surface area contributed by atoms with Crippen molar-refractivity contribution in [1.29, 1.82) is 0 Å². The van der Waals surface area contributed by atoms with Crippen molar-refractivity contribution in [1.82, 2.24) is 0 Å². The maximum Gasteiger partial charge on any atom is 0.140 e. The summed E-state index contributed by atoms with van der Waals surface area (Å²) >= 11 is 0. The summed E-state index contributed by atoms with van der Waals surface area (Å²) < 4.78 is 5.13. The monoisotopic (exact) mass is 236 g/mol.